The van der Waals surface area contributed by atoms with E-state index in [1.165, 1.54) is 23.1 Å². The standard InChI is InChI=1S/C23H30ClN3O5S/c1-6-20(17-9-7-8-10-21(17)32-14-22(28)27(4)5)25-23(29)18-13-16(11-12-19(18)24)33(30,31)26-15(2)3/h7-13,15,20,26H,6,14H2,1-5H3,(H,25,29). The largest absolute Gasteiger partial charge is 0.483 e. The molecule has 0 heterocycles. The smallest absolute Gasteiger partial charge is 0.259 e. The number of likely N-dealkylation sites (N-methyl/N-ethyl adjacent to an activating group) is 1. The maximum absolute atomic E-state index is 13.1. The van der Waals surface area contributed by atoms with Crippen molar-refractivity contribution in [2.45, 2.75) is 44.2 Å². The van der Waals surface area contributed by atoms with Gasteiger partial charge in [0, 0.05) is 25.7 Å². The third kappa shape index (κ3) is 7.18. The van der Waals surface area contributed by atoms with Gasteiger partial charge < -0.3 is 15.0 Å². The molecule has 0 aromatic heterocycles. The highest BCUT2D eigenvalue weighted by Crippen LogP contribution is 2.28. The Morgan fingerprint density at radius 3 is 2.39 bits per heavy atom. The molecule has 0 radical (unpaired) electrons. The van der Waals surface area contributed by atoms with E-state index in [1.807, 2.05) is 13.0 Å². The van der Waals surface area contributed by atoms with E-state index >= 15 is 0 Å². The molecule has 2 N–H and O–H groups in total. The summed E-state index contributed by atoms with van der Waals surface area (Å²) in [6, 6.07) is 10.4. The van der Waals surface area contributed by atoms with E-state index in [-0.39, 0.29) is 34.0 Å². The van der Waals surface area contributed by atoms with Gasteiger partial charge in [-0.2, -0.15) is 0 Å². The first-order valence-electron chi connectivity index (χ1n) is 10.5. The van der Waals surface area contributed by atoms with Crippen LogP contribution in [0.2, 0.25) is 5.02 Å². The molecule has 10 heteroatoms. The predicted molar refractivity (Wildman–Crippen MR) is 128 cm³/mol. The van der Waals surface area contributed by atoms with Crippen LogP contribution in [0.25, 0.3) is 0 Å². The summed E-state index contributed by atoms with van der Waals surface area (Å²) in [4.78, 5) is 26.4. The summed E-state index contributed by atoms with van der Waals surface area (Å²) in [6.07, 6.45) is 0.526. The Morgan fingerprint density at radius 2 is 1.79 bits per heavy atom. The molecule has 33 heavy (non-hydrogen) atoms. The molecule has 0 saturated carbocycles. The molecule has 2 rings (SSSR count). The Balaban J connectivity index is 2.29. The summed E-state index contributed by atoms with van der Waals surface area (Å²) in [5, 5.41) is 3.03. The number of rotatable bonds is 10. The van der Waals surface area contributed by atoms with Crippen LogP contribution in [0.4, 0.5) is 0 Å². The third-order valence-electron chi connectivity index (χ3n) is 4.74. The van der Waals surface area contributed by atoms with Crippen molar-refractivity contribution in [1.29, 1.82) is 0 Å². The molecule has 0 saturated heterocycles. The number of amides is 2. The molecule has 2 aromatic rings. The Morgan fingerprint density at radius 1 is 1.12 bits per heavy atom. The number of carbonyl (C=O) groups excluding carboxylic acids is 2. The van der Waals surface area contributed by atoms with Gasteiger partial charge in [0.15, 0.2) is 6.61 Å². The van der Waals surface area contributed by atoms with Gasteiger partial charge in [-0.25, -0.2) is 13.1 Å². The molecule has 0 spiro atoms. The summed E-state index contributed by atoms with van der Waals surface area (Å²) in [6.45, 7) is 5.17. The van der Waals surface area contributed by atoms with Crippen LogP contribution in [-0.2, 0) is 14.8 Å². The number of carbonyl (C=O) groups is 2. The van der Waals surface area contributed by atoms with Crippen LogP contribution in [0, 0.1) is 0 Å². The first-order valence-corrected chi connectivity index (χ1v) is 12.4. The number of hydrogen-bond donors (Lipinski definition) is 2. The van der Waals surface area contributed by atoms with Gasteiger partial charge >= 0.3 is 0 Å². The van der Waals surface area contributed by atoms with Crippen molar-refractivity contribution in [2.75, 3.05) is 20.7 Å². The maximum Gasteiger partial charge on any atom is 0.259 e. The monoisotopic (exact) mass is 495 g/mol. The quantitative estimate of drug-likeness (QED) is 0.525. The van der Waals surface area contributed by atoms with E-state index in [1.54, 1.807) is 46.1 Å². The molecule has 1 unspecified atom stereocenters. The number of halogens is 1. The number of para-hydroxylation sites is 1. The lowest BCUT2D eigenvalue weighted by Gasteiger charge is -2.21. The topological polar surface area (TPSA) is 105 Å². The third-order valence-corrected chi connectivity index (χ3v) is 6.73. The number of sulfonamides is 1. The zero-order valence-corrected chi connectivity index (χ0v) is 21.0. The summed E-state index contributed by atoms with van der Waals surface area (Å²) >= 11 is 6.22. The fourth-order valence-electron chi connectivity index (χ4n) is 3.03. The van der Waals surface area contributed by atoms with Crippen molar-refractivity contribution in [2.24, 2.45) is 0 Å². The minimum atomic E-state index is -3.79. The second kappa shape index (κ2) is 11.5. The minimum absolute atomic E-state index is 0.0444. The molecule has 0 aliphatic carbocycles. The van der Waals surface area contributed by atoms with Crippen LogP contribution in [-0.4, -0.2) is 51.9 Å². The van der Waals surface area contributed by atoms with Crippen molar-refractivity contribution in [3.8, 4) is 5.75 Å². The average molecular weight is 496 g/mol. The first kappa shape index (κ1) is 26.6. The molecule has 0 aliphatic heterocycles. The van der Waals surface area contributed by atoms with Gasteiger partial charge in [0.2, 0.25) is 10.0 Å². The van der Waals surface area contributed by atoms with Gasteiger partial charge in [-0.1, -0.05) is 36.7 Å². The van der Waals surface area contributed by atoms with E-state index in [9.17, 15) is 18.0 Å². The van der Waals surface area contributed by atoms with Gasteiger partial charge in [0.05, 0.1) is 21.5 Å². The van der Waals surface area contributed by atoms with Crippen LogP contribution in [0.3, 0.4) is 0 Å². The fraction of sp³-hybridized carbons (Fsp3) is 0.391. The summed E-state index contributed by atoms with van der Waals surface area (Å²) < 4.78 is 33.2. The van der Waals surface area contributed by atoms with Crippen LogP contribution in [0.1, 0.15) is 49.2 Å². The summed E-state index contributed by atoms with van der Waals surface area (Å²) in [5.74, 6) is -0.238. The van der Waals surface area contributed by atoms with Crippen LogP contribution in [0.15, 0.2) is 47.4 Å². The van der Waals surface area contributed by atoms with Gasteiger partial charge in [-0.3, -0.25) is 9.59 Å². The van der Waals surface area contributed by atoms with Crippen LogP contribution < -0.4 is 14.8 Å². The molecule has 8 nitrogen and oxygen atoms in total. The highest BCUT2D eigenvalue weighted by Gasteiger charge is 2.23. The van der Waals surface area contributed by atoms with Gasteiger partial charge in [-0.15, -0.1) is 0 Å². The average Bonchev–Trinajstić information content (AvgIpc) is 2.75. The molecule has 2 aromatic carbocycles. The van der Waals surface area contributed by atoms with Crippen molar-refractivity contribution in [1.82, 2.24) is 14.9 Å². The molecular weight excluding hydrogens is 466 g/mol. The molecular formula is C23H30ClN3O5S. The first-order chi connectivity index (χ1) is 15.5. The van der Waals surface area contributed by atoms with E-state index in [2.05, 4.69) is 10.0 Å². The van der Waals surface area contributed by atoms with Gasteiger partial charge in [-0.05, 0) is 44.5 Å². The molecule has 0 fully saturated rings. The molecule has 2 amide bonds. The number of benzene rings is 2. The van der Waals surface area contributed by atoms with E-state index < -0.39 is 22.0 Å². The number of nitrogens with zero attached hydrogens (tertiary/aromatic N) is 1. The number of nitrogens with one attached hydrogen (secondary N) is 2. The molecule has 1 atom stereocenters. The normalized spacial score (nSPS) is 12.3. The van der Waals surface area contributed by atoms with Gasteiger partial charge in [0.25, 0.3) is 11.8 Å². The number of ether oxygens (including phenoxy) is 1. The van der Waals surface area contributed by atoms with Crippen molar-refractivity contribution < 1.29 is 22.7 Å². The lowest BCUT2D eigenvalue weighted by Crippen LogP contribution is -2.31. The number of hydrogen-bond acceptors (Lipinski definition) is 5. The summed E-state index contributed by atoms with van der Waals surface area (Å²) in [5.41, 5.74) is 0.740. The zero-order chi connectivity index (χ0) is 24.8. The van der Waals surface area contributed by atoms with Crippen molar-refractivity contribution in [3.63, 3.8) is 0 Å². The highest BCUT2D eigenvalue weighted by atomic mass is 35.5. The van der Waals surface area contributed by atoms with Crippen LogP contribution in [0.5, 0.6) is 5.75 Å². The zero-order valence-electron chi connectivity index (χ0n) is 19.4. The SMILES string of the molecule is CCC(NC(=O)c1cc(S(=O)(=O)NC(C)C)ccc1Cl)c1ccccc1OCC(=O)N(C)C. The Bertz CT molecular complexity index is 1100. The second-order valence-electron chi connectivity index (χ2n) is 7.97. The van der Waals surface area contributed by atoms with E-state index in [4.69, 9.17) is 16.3 Å². The van der Waals surface area contributed by atoms with Crippen molar-refractivity contribution >= 4 is 33.4 Å². The molecule has 180 valence electrons. The second-order valence-corrected chi connectivity index (χ2v) is 10.1. The van der Waals surface area contributed by atoms with Gasteiger partial charge in [0.1, 0.15) is 5.75 Å². The van der Waals surface area contributed by atoms with Crippen LogP contribution >= 0.6 is 11.6 Å². The predicted octanol–water partition coefficient (Wildman–Crippen LogP) is 3.37. The maximum atomic E-state index is 13.1. The van der Waals surface area contributed by atoms with E-state index in [0.29, 0.717) is 17.7 Å². The highest BCUT2D eigenvalue weighted by molar-refractivity contribution is 7.89. The fourth-order valence-corrected chi connectivity index (χ4v) is 4.51. The van der Waals surface area contributed by atoms with E-state index in [0.717, 1.165) is 0 Å². The lowest BCUT2D eigenvalue weighted by molar-refractivity contribution is -0.130. The summed E-state index contributed by atoms with van der Waals surface area (Å²) in [7, 11) is -0.512. The van der Waals surface area contributed by atoms with Crippen molar-refractivity contribution in [3.05, 3.63) is 58.6 Å². The minimum Gasteiger partial charge on any atom is -0.483 e. The Labute approximate surface area is 200 Å². The molecule has 0 bridgehead atoms. The Kier molecular flexibility index (Phi) is 9.27. The molecule has 0 aliphatic rings. The lowest BCUT2D eigenvalue weighted by atomic mass is 10.0. The Hall–Kier alpha value is -2.62.